The molecule has 0 aliphatic carbocycles. The van der Waals surface area contributed by atoms with Crippen LogP contribution < -0.4 is 10.6 Å². The highest BCUT2D eigenvalue weighted by atomic mass is 35.5. The maximum absolute atomic E-state index is 12.9. The Morgan fingerprint density at radius 2 is 1.48 bits per heavy atom. The number of anilines is 2. The van der Waals surface area contributed by atoms with Crippen LogP contribution in [0.4, 0.5) is 10.7 Å². The summed E-state index contributed by atoms with van der Waals surface area (Å²) in [5.41, 5.74) is 4.96. The van der Waals surface area contributed by atoms with Crippen molar-refractivity contribution in [2.75, 3.05) is 10.6 Å². The normalized spacial score (nSPS) is 11.7. The van der Waals surface area contributed by atoms with Gasteiger partial charge in [0, 0.05) is 26.7 Å². The van der Waals surface area contributed by atoms with Crippen LogP contribution in [0.15, 0.2) is 84.9 Å². The van der Waals surface area contributed by atoms with Gasteiger partial charge in [-0.05, 0) is 61.4 Å². The molecule has 1 atom stereocenters. The van der Waals surface area contributed by atoms with Crippen molar-refractivity contribution in [1.29, 1.82) is 0 Å². The summed E-state index contributed by atoms with van der Waals surface area (Å²) in [5, 5.41) is 8.35. The van der Waals surface area contributed by atoms with E-state index in [9.17, 15) is 4.79 Å². The number of carbonyl (C=O) groups is 1. The number of nitrogens with one attached hydrogen (secondary N) is 2. The summed E-state index contributed by atoms with van der Waals surface area (Å²) in [4.78, 5) is 14.1. The summed E-state index contributed by atoms with van der Waals surface area (Å²) < 4.78 is 0. The highest BCUT2D eigenvalue weighted by molar-refractivity contribution is 7.16. The molecular weight excluding hydrogens is 424 g/mol. The molecule has 0 aliphatic heterocycles. The van der Waals surface area contributed by atoms with E-state index in [4.69, 9.17) is 11.6 Å². The molecule has 0 spiro atoms. The molecule has 0 radical (unpaired) electrons. The van der Waals surface area contributed by atoms with Gasteiger partial charge in [-0.2, -0.15) is 0 Å². The van der Waals surface area contributed by atoms with Crippen molar-refractivity contribution in [2.24, 2.45) is 0 Å². The van der Waals surface area contributed by atoms with Crippen LogP contribution in [-0.4, -0.2) is 5.91 Å². The smallest absolute Gasteiger partial charge is 0.256 e. The van der Waals surface area contributed by atoms with Crippen molar-refractivity contribution in [3.63, 3.8) is 0 Å². The Bertz CT molecular complexity index is 1170. The summed E-state index contributed by atoms with van der Waals surface area (Å²) in [6.07, 6.45) is 0. The van der Waals surface area contributed by atoms with Gasteiger partial charge in [0.15, 0.2) is 0 Å². The Morgan fingerprint density at radius 1 is 0.871 bits per heavy atom. The number of aryl methyl sites for hydroxylation is 1. The lowest BCUT2D eigenvalue weighted by molar-refractivity contribution is 0.102. The summed E-state index contributed by atoms with van der Waals surface area (Å²) in [6, 6.07) is 27.1. The van der Waals surface area contributed by atoms with Gasteiger partial charge in [0.1, 0.15) is 5.00 Å². The van der Waals surface area contributed by atoms with Crippen LogP contribution in [0.5, 0.6) is 0 Å². The monoisotopic (exact) mass is 446 g/mol. The zero-order chi connectivity index (χ0) is 21.8. The summed E-state index contributed by atoms with van der Waals surface area (Å²) >= 11 is 7.68. The van der Waals surface area contributed by atoms with Gasteiger partial charge in [0.25, 0.3) is 5.91 Å². The molecule has 4 rings (SSSR count). The minimum Gasteiger partial charge on any atom is -0.374 e. The van der Waals surface area contributed by atoms with E-state index < -0.39 is 0 Å². The molecule has 0 aliphatic rings. The molecule has 0 bridgehead atoms. The molecule has 0 fully saturated rings. The number of hydrogen-bond acceptors (Lipinski definition) is 3. The van der Waals surface area contributed by atoms with Crippen LogP contribution in [0.25, 0.3) is 0 Å². The first-order valence-electron chi connectivity index (χ1n) is 10.1. The first-order chi connectivity index (χ1) is 15.0. The Hall–Kier alpha value is -3.08. The fraction of sp³-hybridized carbons (Fsp3) is 0.115. The van der Waals surface area contributed by atoms with Gasteiger partial charge in [0.2, 0.25) is 0 Å². The van der Waals surface area contributed by atoms with Gasteiger partial charge in [0.05, 0.1) is 6.04 Å². The highest BCUT2D eigenvalue weighted by Gasteiger charge is 2.24. The van der Waals surface area contributed by atoms with Crippen LogP contribution >= 0.6 is 22.9 Å². The van der Waals surface area contributed by atoms with Crippen LogP contribution in [0.2, 0.25) is 5.02 Å². The lowest BCUT2D eigenvalue weighted by atomic mass is 9.96. The third-order valence-corrected chi connectivity index (χ3v) is 6.66. The van der Waals surface area contributed by atoms with Crippen molar-refractivity contribution in [3.8, 4) is 0 Å². The Kier molecular flexibility index (Phi) is 6.40. The van der Waals surface area contributed by atoms with Gasteiger partial charge >= 0.3 is 0 Å². The molecule has 4 aromatic rings. The third-order valence-electron chi connectivity index (χ3n) is 5.27. The summed E-state index contributed by atoms with van der Waals surface area (Å²) in [7, 11) is 0. The van der Waals surface area contributed by atoms with Crippen LogP contribution in [0.1, 0.15) is 38.0 Å². The second-order valence-electron chi connectivity index (χ2n) is 7.34. The molecule has 0 saturated carbocycles. The van der Waals surface area contributed by atoms with Crippen molar-refractivity contribution in [3.05, 3.63) is 117 Å². The van der Waals surface area contributed by atoms with Gasteiger partial charge in [-0.25, -0.2) is 0 Å². The standard InChI is InChI=1S/C26H23ClN2OS/c1-17-18(2)31-26(29-25(30)20-11-7-4-8-12-20)23(17)24(19-9-5-3-6-10-19)28-22-15-13-21(27)14-16-22/h3-16,24,28H,1-2H3,(H,29,30)/t24-/m1/s1. The maximum atomic E-state index is 12.9. The average molecular weight is 447 g/mol. The van der Waals surface area contributed by atoms with Crippen molar-refractivity contribution < 1.29 is 4.79 Å². The van der Waals surface area contributed by atoms with Crippen LogP contribution in [0, 0.1) is 13.8 Å². The molecule has 0 unspecified atom stereocenters. The minimum atomic E-state index is -0.126. The fourth-order valence-corrected chi connectivity index (χ4v) is 4.75. The van der Waals surface area contributed by atoms with Gasteiger partial charge in [-0.1, -0.05) is 60.1 Å². The lowest BCUT2D eigenvalue weighted by Crippen LogP contribution is -2.17. The van der Waals surface area contributed by atoms with E-state index in [-0.39, 0.29) is 11.9 Å². The first-order valence-corrected chi connectivity index (χ1v) is 11.3. The van der Waals surface area contributed by atoms with E-state index in [1.807, 2.05) is 72.8 Å². The number of thiophene rings is 1. The topological polar surface area (TPSA) is 41.1 Å². The number of hydrogen-bond donors (Lipinski definition) is 2. The van der Waals surface area contributed by atoms with E-state index in [1.54, 1.807) is 11.3 Å². The summed E-state index contributed by atoms with van der Waals surface area (Å²) in [5.74, 6) is -0.110. The molecule has 1 heterocycles. The zero-order valence-electron chi connectivity index (χ0n) is 17.4. The molecule has 1 aromatic heterocycles. The predicted octanol–water partition coefficient (Wildman–Crippen LogP) is 7.47. The number of halogens is 1. The van der Waals surface area contributed by atoms with E-state index in [2.05, 4.69) is 36.6 Å². The second kappa shape index (κ2) is 9.38. The van der Waals surface area contributed by atoms with Crippen molar-refractivity contribution in [1.82, 2.24) is 0 Å². The maximum Gasteiger partial charge on any atom is 0.256 e. The molecule has 2 N–H and O–H groups in total. The van der Waals surface area contributed by atoms with E-state index in [1.165, 1.54) is 10.4 Å². The molecular formula is C26H23ClN2OS. The Labute approximate surface area is 191 Å². The summed E-state index contributed by atoms with van der Waals surface area (Å²) in [6.45, 7) is 4.20. The molecule has 3 nitrogen and oxygen atoms in total. The minimum absolute atomic E-state index is 0.110. The average Bonchev–Trinajstić information content (AvgIpc) is 3.07. The largest absolute Gasteiger partial charge is 0.374 e. The number of rotatable bonds is 6. The van der Waals surface area contributed by atoms with Crippen LogP contribution in [0.3, 0.4) is 0 Å². The van der Waals surface area contributed by atoms with E-state index in [0.29, 0.717) is 10.6 Å². The molecule has 0 saturated heterocycles. The fourth-order valence-electron chi connectivity index (χ4n) is 3.53. The quantitative estimate of drug-likeness (QED) is 0.322. The number of benzene rings is 3. The number of amides is 1. The molecule has 3 aromatic carbocycles. The number of carbonyl (C=O) groups excluding carboxylic acids is 1. The highest BCUT2D eigenvalue weighted by Crippen LogP contribution is 2.41. The van der Waals surface area contributed by atoms with Gasteiger partial charge < -0.3 is 10.6 Å². The van der Waals surface area contributed by atoms with Crippen LogP contribution in [-0.2, 0) is 0 Å². The van der Waals surface area contributed by atoms with E-state index in [0.717, 1.165) is 21.8 Å². The zero-order valence-corrected chi connectivity index (χ0v) is 18.9. The van der Waals surface area contributed by atoms with E-state index >= 15 is 0 Å². The SMILES string of the molecule is Cc1sc(NC(=O)c2ccccc2)c([C@H](Nc2ccc(Cl)cc2)c2ccccc2)c1C. The molecule has 156 valence electrons. The Balaban J connectivity index is 1.75. The van der Waals surface area contributed by atoms with Gasteiger partial charge in [-0.3, -0.25) is 4.79 Å². The van der Waals surface area contributed by atoms with Gasteiger partial charge in [-0.15, -0.1) is 11.3 Å². The lowest BCUT2D eigenvalue weighted by Gasteiger charge is -2.23. The molecule has 31 heavy (non-hydrogen) atoms. The second-order valence-corrected chi connectivity index (χ2v) is 9.00. The van der Waals surface area contributed by atoms with Crippen molar-refractivity contribution >= 4 is 39.5 Å². The molecule has 5 heteroatoms. The first kappa shape index (κ1) is 21.2. The third kappa shape index (κ3) is 4.82. The van der Waals surface area contributed by atoms with Crippen molar-refractivity contribution in [2.45, 2.75) is 19.9 Å². The predicted molar refractivity (Wildman–Crippen MR) is 132 cm³/mol. The Morgan fingerprint density at radius 3 is 2.13 bits per heavy atom. The molecule has 1 amide bonds.